The molecule has 1 unspecified atom stereocenters. The van der Waals surface area contributed by atoms with Crippen molar-refractivity contribution in [3.05, 3.63) is 22.4 Å². The van der Waals surface area contributed by atoms with E-state index in [9.17, 15) is 4.79 Å². The molecule has 0 aromatic carbocycles. The average molecular weight is 291 g/mol. The SMILES string of the molecule is CCC(CC)C(NC(=O)CNC)c1cccs1.Cl. The van der Waals surface area contributed by atoms with Gasteiger partial charge in [0.15, 0.2) is 0 Å². The zero-order valence-electron chi connectivity index (χ0n) is 11.2. The Morgan fingerprint density at radius 1 is 1.39 bits per heavy atom. The minimum atomic E-state index is 0. The molecule has 0 aliphatic carbocycles. The molecule has 1 aromatic heterocycles. The lowest BCUT2D eigenvalue weighted by Crippen LogP contribution is -2.37. The monoisotopic (exact) mass is 290 g/mol. The topological polar surface area (TPSA) is 41.1 Å². The van der Waals surface area contributed by atoms with Gasteiger partial charge in [0.2, 0.25) is 5.91 Å². The van der Waals surface area contributed by atoms with E-state index in [0.29, 0.717) is 12.5 Å². The van der Waals surface area contributed by atoms with Crippen LogP contribution in [0.1, 0.15) is 37.6 Å². The van der Waals surface area contributed by atoms with Crippen LogP contribution in [0.3, 0.4) is 0 Å². The van der Waals surface area contributed by atoms with Crippen LogP contribution in [0.5, 0.6) is 0 Å². The third kappa shape index (κ3) is 4.96. The highest BCUT2D eigenvalue weighted by molar-refractivity contribution is 7.10. The number of amides is 1. The number of hydrogen-bond donors (Lipinski definition) is 2. The third-order valence-corrected chi connectivity index (χ3v) is 3.98. The highest BCUT2D eigenvalue weighted by Crippen LogP contribution is 2.30. The predicted molar refractivity (Wildman–Crippen MR) is 80.4 cm³/mol. The van der Waals surface area contributed by atoms with E-state index in [1.807, 2.05) is 6.07 Å². The Bertz CT molecular complexity index is 326. The van der Waals surface area contributed by atoms with Crippen molar-refractivity contribution in [2.45, 2.75) is 32.7 Å². The van der Waals surface area contributed by atoms with Crippen molar-refractivity contribution in [2.24, 2.45) is 5.92 Å². The van der Waals surface area contributed by atoms with E-state index in [-0.39, 0.29) is 24.4 Å². The van der Waals surface area contributed by atoms with Gasteiger partial charge in [0.25, 0.3) is 0 Å². The summed E-state index contributed by atoms with van der Waals surface area (Å²) < 4.78 is 0. The third-order valence-electron chi connectivity index (χ3n) is 3.02. The largest absolute Gasteiger partial charge is 0.347 e. The summed E-state index contributed by atoms with van der Waals surface area (Å²) in [6.07, 6.45) is 2.16. The number of thiophene rings is 1. The van der Waals surface area contributed by atoms with Crippen LogP contribution in [-0.2, 0) is 4.79 Å². The van der Waals surface area contributed by atoms with Gasteiger partial charge in [-0.05, 0) is 24.4 Å². The van der Waals surface area contributed by atoms with E-state index in [1.54, 1.807) is 18.4 Å². The normalized spacial score (nSPS) is 12.0. The van der Waals surface area contributed by atoms with Crippen molar-refractivity contribution >= 4 is 29.7 Å². The second-order valence-electron chi connectivity index (χ2n) is 4.17. The van der Waals surface area contributed by atoms with Crippen molar-refractivity contribution in [1.29, 1.82) is 0 Å². The van der Waals surface area contributed by atoms with Gasteiger partial charge in [0.05, 0.1) is 12.6 Å². The Labute approximate surface area is 120 Å². The number of nitrogens with one attached hydrogen (secondary N) is 2. The second-order valence-corrected chi connectivity index (χ2v) is 5.15. The van der Waals surface area contributed by atoms with Gasteiger partial charge in [-0.1, -0.05) is 32.8 Å². The maximum absolute atomic E-state index is 11.7. The van der Waals surface area contributed by atoms with Crippen LogP contribution in [0.25, 0.3) is 0 Å². The Balaban J connectivity index is 0.00000289. The molecular formula is C13H23ClN2OS. The maximum atomic E-state index is 11.7. The van der Waals surface area contributed by atoms with Gasteiger partial charge in [-0.2, -0.15) is 0 Å². The molecular weight excluding hydrogens is 268 g/mol. The molecule has 0 aliphatic rings. The van der Waals surface area contributed by atoms with E-state index in [2.05, 4.69) is 35.9 Å². The summed E-state index contributed by atoms with van der Waals surface area (Å²) >= 11 is 1.72. The molecule has 0 fully saturated rings. The number of carbonyl (C=O) groups excluding carboxylic acids is 1. The lowest BCUT2D eigenvalue weighted by molar-refractivity contribution is -0.121. The maximum Gasteiger partial charge on any atom is 0.234 e. The molecule has 1 heterocycles. The molecule has 1 amide bonds. The zero-order chi connectivity index (χ0) is 12.7. The first-order valence-corrected chi connectivity index (χ1v) is 7.08. The van der Waals surface area contributed by atoms with Crippen LogP contribution in [0.4, 0.5) is 0 Å². The fourth-order valence-electron chi connectivity index (χ4n) is 2.03. The molecule has 5 heteroatoms. The van der Waals surface area contributed by atoms with E-state index in [4.69, 9.17) is 0 Å². The van der Waals surface area contributed by atoms with Crippen LogP contribution < -0.4 is 10.6 Å². The van der Waals surface area contributed by atoms with Crippen LogP contribution in [0.2, 0.25) is 0 Å². The molecule has 1 atom stereocenters. The van der Waals surface area contributed by atoms with E-state index in [0.717, 1.165) is 12.8 Å². The summed E-state index contributed by atoms with van der Waals surface area (Å²) in [5.41, 5.74) is 0. The lowest BCUT2D eigenvalue weighted by atomic mass is 9.93. The van der Waals surface area contributed by atoms with Crippen LogP contribution in [0.15, 0.2) is 17.5 Å². The number of hydrogen-bond acceptors (Lipinski definition) is 3. The van der Waals surface area contributed by atoms with E-state index in [1.165, 1.54) is 4.88 Å². The first-order valence-electron chi connectivity index (χ1n) is 6.20. The van der Waals surface area contributed by atoms with Crippen molar-refractivity contribution in [1.82, 2.24) is 10.6 Å². The minimum absolute atomic E-state index is 0. The highest BCUT2D eigenvalue weighted by atomic mass is 35.5. The van der Waals surface area contributed by atoms with Gasteiger partial charge in [-0.15, -0.1) is 23.7 Å². The molecule has 1 rings (SSSR count). The summed E-state index contributed by atoms with van der Waals surface area (Å²) in [6.45, 7) is 4.74. The molecule has 0 radical (unpaired) electrons. The Morgan fingerprint density at radius 3 is 2.50 bits per heavy atom. The van der Waals surface area contributed by atoms with Crippen LogP contribution >= 0.6 is 23.7 Å². The lowest BCUT2D eigenvalue weighted by Gasteiger charge is -2.25. The standard InChI is InChI=1S/C13H22N2OS.ClH/c1-4-10(5-2)13(11-7-6-8-17-11)15-12(16)9-14-3;/h6-8,10,13-14H,4-5,9H2,1-3H3,(H,15,16);1H. The summed E-state index contributed by atoms with van der Waals surface area (Å²) in [4.78, 5) is 13.0. The molecule has 0 aliphatic heterocycles. The number of rotatable bonds is 7. The van der Waals surface area contributed by atoms with Crippen molar-refractivity contribution < 1.29 is 4.79 Å². The molecule has 1 aromatic rings. The van der Waals surface area contributed by atoms with E-state index >= 15 is 0 Å². The number of likely N-dealkylation sites (N-methyl/N-ethyl adjacent to an activating group) is 1. The summed E-state index contributed by atoms with van der Waals surface area (Å²) in [5, 5.41) is 8.08. The Morgan fingerprint density at radius 2 is 2.06 bits per heavy atom. The predicted octanol–water partition coefficient (Wildman–Crippen LogP) is 2.98. The Kier molecular flexibility index (Phi) is 9.06. The van der Waals surface area contributed by atoms with Gasteiger partial charge in [0.1, 0.15) is 0 Å². The number of halogens is 1. The second kappa shape index (κ2) is 9.36. The quantitative estimate of drug-likeness (QED) is 0.810. The van der Waals surface area contributed by atoms with Crippen LogP contribution in [0, 0.1) is 5.92 Å². The molecule has 3 nitrogen and oxygen atoms in total. The van der Waals surface area contributed by atoms with Crippen molar-refractivity contribution in [3.63, 3.8) is 0 Å². The van der Waals surface area contributed by atoms with Gasteiger partial charge in [0, 0.05) is 4.88 Å². The molecule has 18 heavy (non-hydrogen) atoms. The highest BCUT2D eigenvalue weighted by Gasteiger charge is 2.22. The summed E-state index contributed by atoms with van der Waals surface area (Å²) in [5.74, 6) is 0.576. The Hall–Kier alpha value is -0.580. The minimum Gasteiger partial charge on any atom is -0.347 e. The smallest absolute Gasteiger partial charge is 0.234 e. The first-order chi connectivity index (χ1) is 8.22. The zero-order valence-corrected chi connectivity index (χ0v) is 12.9. The van der Waals surface area contributed by atoms with Crippen molar-refractivity contribution in [3.8, 4) is 0 Å². The summed E-state index contributed by atoms with van der Waals surface area (Å²) in [7, 11) is 1.79. The fraction of sp³-hybridized carbons (Fsp3) is 0.615. The first kappa shape index (κ1) is 17.4. The molecule has 0 spiro atoms. The van der Waals surface area contributed by atoms with Gasteiger partial charge < -0.3 is 10.6 Å². The molecule has 2 N–H and O–H groups in total. The average Bonchev–Trinajstić information content (AvgIpc) is 2.83. The summed E-state index contributed by atoms with van der Waals surface area (Å²) in [6, 6.07) is 4.30. The fourth-order valence-corrected chi connectivity index (χ4v) is 2.90. The van der Waals surface area contributed by atoms with E-state index < -0.39 is 0 Å². The molecule has 0 saturated carbocycles. The number of carbonyl (C=O) groups is 1. The molecule has 0 saturated heterocycles. The van der Waals surface area contributed by atoms with Gasteiger partial charge >= 0.3 is 0 Å². The molecule has 0 bridgehead atoms. The van der Waals surface area contributed by atoms with Gasteiger partial charge in [-0.3, -0.25) is 4.79 Å². The molecule has 104 valence electrons. The van der Waals surface area contributed by atoms with Gasteiger partial charge in [-0.25, -0.2) is 0 Å². The van der Waals surface area contributed by atoms with Crippen LogP contribution in [-0.4, -0.2) is 19.5 Å². The van der Waals surface area contributed by atoms with Crippen molar-refractivity contribution in [2.75, 3.05) is 13.6 Å².